The lowest BCUT2D eigenvalue weighted by atomic mass is 10.1. The van der Waals surface area contributed by atoms with Gasteiger partial charge in [-0.05, 0) is 54.5 Å². The van der Waals surface area contributed by atoms with Crippen LogP contribution < -0.4 is 15.4 Å². The zero-order chi connectivity index (χ0) is 18.6. The predicted molar refractivity (Wildman–Crippen MR) is 106 cm³/mol. The van der Waals surface area contributed by atoms with E-state index >= 15 is 0 Å². The van der Waals surface area contributed by atoms with Gasteiger partial charge in [0.05, 0.1) is 6.04 Å². The topological polar surface area (TPSA) is 68.2 Å². The van der Waals surface area contributed by atoms with E-state index in [9.17, 15) is 4.79 Å². The average molecular weight is 382 g/mol. The summed E-state index contributed by atoms with van der Waals surface area (Å²) in [5.74, 6) is 2.13. The fraction of sp³-hybridized carbons (Fsp3) is 0.300. The van der Waals surface area contributed by atoms with Crippen molar-refractivity contribution in [3.05, 3.63) is 64.9 Å². The van der Waals surface area contributed by atoms with E-state index < -0.39 is 0 Å². The summed E-state index contributed by atoms with van der Waals surface area (Å²) >= 11 is 1.67. The molecule has 2 amide bonds. The second-order valence-electron chi connectivity index (χ2n) is 6.70. The number of ether oxygens (including phenoxy) is 1. The maximum Gasteiger partial charge on any atom is 0.319 e. The molecule has 1 aliphatic carbocycles. The van der Waals surface area contributed by atoms with Gasteiger partial charge in [0, 0.05) is 30.0 Å². The van der Waals surface area contributed by atoms with E-state index in [4.69, 9.17) is 4.74 Å². The highest BCUT2D eigenvalue weighted by Gasteiger charge is 2.35. The molecular formula is C20H22N4O2S. The number of aryl methyl sites for hydroxylation is 1. The molecule has 0 radical (unpaired) electrons. The lowest BCUT2D eigenvalue weighted by Gasteiger charge is -2.18. The molecule has 140 valence electrons. The van der Waals surface area contributed by atoms with Gasteiger partial charge in [0.15, 0.2) is 0 Å². The van der Waals surface area contributed by atoms with Crippen molar-refractivity contribution in [3.8, 4) is 5.75 Å². The van der Waals surface area contributed by atoms with Crippen LogP contribution in [0.3, 0.4) is 0 Å². The molecule has 0 spiro atoms. The number of thiophene rings is 1. The Bertz CT molecular complexity index is 885. The van der Waals surface area contributed by atoms with Crippen LogP contribution in [0.4, 0.5) is 10.5 Å². The average Bonchev–Trinajstić information content (AvgIpc) is 3.20. The van der Waals surface area contributed by atoms with E-state index in [2.05, 4.69) is 15.6 Å². The van der Waals surface area contributed by atoms with Crippen LogP contribution in [0.25, 0.3) is 0 Å². The Morgan fingerprint density at radius 1 is 1.33 bits per heavy atom. The minimum Gasteiger partial charge on any atom is -0.488 e. The molecule has 27 heavy (non-hydrogen) atoms. The maximum atomic E-state index is 12.4. The third-order valence-electron chi connectivity index (χ3n) is 4.59. The number of rotatable bonds is 7. The number of nitrogens with one attached hydrogen (secondary N) is 2. The molecule has 1 atom stereocenters. The molecule has 7 heteroatoms. The van der Waals surface area contributed by atoms with E-state index in [0.29, 0.717) is 12.5 Å². The molecule has 1 unspecified atom stereocenters. The third-order valence-corrected chi connectivity index (χ3v) is 5.44. The summed E-state index contributed by atoms with van der Waals surface area (Å²) < 4.78 is 7.71. The Balaban J connectivity index is 1.33. The SMILES string of the molecule is Cn1ccnc1C(NC(=O)Nc1ccc(OCc2cccs2)cc1)C1CC1. The Morgan fingerprint density at radius 2 is 2.15 bits per heavy atom. The minimum atomic E-state index is -0.220. The maximum absolute atomic E-state index is 12.4. The molecule has 2 N–H and O–H groups in total. The number of urea groups is 1. The molecule has 2 aromatic heterocycles. The number of benzene rings is 1. The Labute approximate surface area is 162 Å². The highest BCUT2D eigenvalue weighted by atomic mass is 32.1. The normalized spacial score (nSPS) is 14.6. The van der Waals surface area contributed by atoms with Gasteiger partial charge >= 0.3 is 6.03 Å². The Hall–Kier alpha value is -2.80. The van der Waals surface area contributed by atoms with Crippen LogP contribution in [-0.2, 0) is 13.7 Å². The van der Waals surface area contributed by atoms with E-state index in [1.807, 2.05) is 59.6 Å². The summed E-state index contributed by atoms with van der Waals surface area (Å²) in [5.41, 5.74) is 0.727. The number of carbonyl (C=O) groups is 1. The van der Waals surface area contributed by atoms with Gasteiger partial charge < -0.3 is 19.9 Å². The first-order valence-corrected chi connectivity index (χ1v) is 9.87. The summed E-state index contributed by atoms with van der Waals surface area (Å²) in [4.78, 5) is 18.0. The van der Waals surface area contributed by atoms with Crippen molar-refractivity contribution >= 4 is 23.1 Å². The first-order valence-electron chi connectivity index (χ1n) is 8.99. The van der Waals surface area contributed by atoms with Gasteiger partial charge in [-0.3, -0.25) is 0 Å². The van der Waals surface area contributed by atoms with Crippen molar-refractivity contribution < 1.29 is 9.53 Å². The van der Waals surface area contributed by atoms with Crippen molar-refractivity contribution in [2.24, 2.45) is 13.0 Å². The van der Waals surface area contributed by atoms with Crippen molar-refractivity contribution in [3.63, 3.8) is 0 Å². The second-order valence-corrected chi connectivity index (χ2v) is 7.73. The Morgan fingerprint density at radius 3 is 2.78 bits per heavy atom. The molecule has 1 aromatic carbocycles. The standard InChI is InChI=1S/C20H22N4O2S/c1-24-11-10-21-19(24)18(14-4-5-14)23-20(25)22-15-6-8-16(9-7-15)26-13-17-3-2-12-27-17/h2-3,6-12,14,18H,4-5,13H2,1H3,(H2,22,23,25). The highest BCUT2D eigenvalue weighted by Crippen LogP contribution is 2.40. The van der Waals surface area contributed by atoms with E-state index in [1.54, 1.807) is 17.5 Å². The van der Waals surface area contributed by atoms with Gasteiger partial charge in [-0.15, -0.1) is 11.3 Å². The molecule has 4 rings (SSSR count). The monoisotopic (exact) mass is 382 g/mol. The number of nitrogens with zero attached hydrogens (tertiary/aromatic N) is 2. The van der Waals surface area contributed by atoms with Gasteiger partial charge in [-0.2, -0.15) is 0 Å². The van der Waals surface area contributed by atoms with E-state index in [0.717, 1.165) is 30.1 Å². The van der Waals surface area contributed by atoms with Crippen molar-refractivity contribution in [2.75, 3.05) is 5.32 Å². The molecule has 1 aliphatic rings. The zero-order valence-corrected chi connectivity index (χ0v) is 15.9. The summed E-state index contributed by atoms with van der Waals surface area (Å²) in [6, 6.07) is 11.2. The van der Waals surface area contributed by atoms with E-state index in [-0.39, 0.29) is 12.1 Å². The lowest BCUT2D eigenvalue weighted by molar-refractivity contribution is 0.246. The fourth-order valence-electron chi connectivity index (χ4n) is 2.99. The number of imidazole rings is 1. The number of aromatic nitrogens is 2. The molecule has 2 heterocycles. The summed E-state index contributed by atoms with van der Waals surface area (Å²) in [6.45, 7) is 0.553. The van der Waals surface area contributed by atoms with Crippen LogP contribution in [0.1, 0.15) is 29.6 Å². The van der Waals surface area contributed by atoms with Crippen molar-refractivity contribution in [1.82, 2.24) is 14.9 Å². The highest BCUT2D eigenvalue weighted by molar-refractivity contribution is 7.09. The first kappa shape index (κ1) is 17.6. The minimum absolute atomic E-state index is 0.0570. The molecule has 6 nitrogen and oxygen atoms in total. The first-order chi connectivity index (χ1) is 13.2. The largest absolute Gasteiger partial charge is 0.488 e. The van der Waals surface area contributed by atoms with Crippen LogP contribution in [-0.4, -0.2) is 15.6 Å². The quantitative estimate of drug-likeness (QED) is 0.639. The fourth-order valence-corrected chi connectivity index (χ4v) is 3.61. The van der Waals surface area contributed by atoms with Crippen LogP contribution in [0, 0.1) is 5.92 Å². The summed E-state index contributed by atoms with van der Waals surface area (Å²) in [6.07, 6.45) is 5.90. The zero-order valence-electron chi connectivity index (χ0n) is 15.1. The summed E-state index contributed by atoms with van der Waals surface area (Å²) in [5, 5.41) is 7.99. The van der Waals surface area contributed by atoms with Crippen LogP contribution >= 0.6 is 11.3 Å². The molecular weight excluding hydrogens is 360 g/mol. The molecule has 3 aromatic rings. The third kappa shape index (κ3) is 4.49. The molecule has 1 fully saturated rings. The lowest BCUT2D eigenvalue weighted by Crippen LogP contribution is -2.35. The van der Waals surface area contributed by atoms with Gasteiger partial charge in [-0.25, -0.2) is 9.78 Å². The van der Waals surface area contributed by atoms with Gasteiger partial charge in [0.1, 0.15) is 18.2 Å². The number of amides is 2. The Kier molecular flexibility index (Phi) is 5.11. The van der Waals surface area contributed by atoms with Crippen LogP contribution in [0.15, 0.2) is 54.2 Å². The van der Waals surface area contributed by atoms with Gasteiger partial charge in [0.25, 0.3) is 0 Å². The molecule has 1 saturated carbocycles. The molecule has 0 aliphatic heterocycles. The summed E-state index contributed by atoms with van der Waals surface area (Å²) in [7, 11) is 1.95. The van der Waals surface area contributed by atoms with Gasteiger partial charge in [-0.1, -0.05) is 6.07 Å². The second kappa shape index (κ2) is 7.84. The molecule has 0 bridgehead atoms. The van der Waals surface area contributed by atoms with Crippen molar-refractivity contribution in [1.29, 1.82) is 0 Å². The van der Waals surface area contributed by atoms with Gasteiger partial charge in [0.2, 0.25) is 0 Å². The van der Waals surface area contributed by atoms with Crippen LogP contribution in [0.2, 0.25) is 0 Å². The number of carbonyl (C=O) groups excluding carboxylic acids is 1. The number of anilines is 1. The number of hydrogen-bond acceptors (Lipinski definition) is 4. The smallest absolute Gasteiger partial charge is 0.319 e. The van der Waals surface area contributed by atoms with E-state index in [1.165, 1.54) is 4.88 Å². The number of hydrogen-bond donors (Lipinski definition) is 2. The molecule has 0 saturated heterocycles. The van der Waals surface area contributed by atoms with Crippen molar-refractivity contribution in [2.45, 2.75) is 25.5 Å². The predicted octanol–water partition coefficient (Wildman–Crippen LogP) is 4.33. The van der Waals surface area contributed by atoms with Crippen LogP contribution in [0.5, 0.6) is 5.75 Å².